The zero-order valence-corrected chi connectivity index (χ0v) is 15.8. The van der Waals surface area contributed by atoms with Gasteiger partial charge in [-0.15, -0.1) is 0 Å². The summed E-state index contributed by atoms with van der Waals surface area (Å²) < 4.78 is 6.79. The molecule has 3 N–H and O–H groups in total. The summed E-state index contributed by atoms with van der Waals surface area (Å²) in [5.74, 6) is 0.0591. The van der Waals surface area contributed by atoms with Crippen molar-refractivity contribution >= 4 is 28.6 Å². The van der Waals surface area contributed by atoms with Crippen molar-refractivity contribution < 1.29 is 14.3 Å². The molecule has 0 aliphatic heterocycles. The molecule has 0 saturated heterocycles. The molecule has 0 spiro atoms. The van der Waals surface area contributed by atoms with Gasteiger partial charge in [0.25, 0.3) is 5.91 Å². The lowest BCUT2D eigenvalue weighted by Gasteiger charge is -2.07. The Kier molecular flexibility index (Phi) is 4.75. The van der Waals surface area contributed by atoms with Crippen LogP contribution in [0.2, 0.25) is 0 Å². The lowest BCUT2D eigenvalue weighted by Crippen LogP contribution is -2.14. The summed E-state index contributed by atoms with van der Waals surface area (Å²) in [6.07, 6.45) is 1.73. The summed E-state index contributed by atoms with van der Waals surface area (Å²) >= 11 is 0. The molecule has 0 unspecified atom stereocenters. The molecule has 0 atom stereocenters. The van der Waals surface area contributed by atoms with E-state index in [0.29, 0.717) is 22.5 Å². The fourth-order valence-electron chi connectivity index (χ4n) is 3.29. The third-order valence-corrected chi connectivity index (χ3v) is 4.71. The molecule has 144 valence electrons. The molecular formula is C23H19N3O3. The molecule has 0 bridgehead atoms. The summed E-state index contributed by atoms with van der Waals surface area (Å²) in [7, 11) is 1.58. The fourth-order valence-corrected chi connectivity index (χ4v) is 3.29. The Hall–Kier alpha value is -4.06. The van der Waals surface area contributed by atoms with Crippen molar-refractivity contribution in [3.8, 4) is 5.75 Å². The number of nitrogen functional groups attached to an aromatic ring is 1. The predicted molar refractivity (Wildman–Crippen MR) is 113 cm³/mol. The van der Waals surface area contributed by atoms with Crippen LogP contribution in [0.1, 0.15) is 26.4 Å². The van der Waals surface area contributed by atoms with Gasteiger partial charge in [-0.2, -0.15) is 0 Å². The number of ketones is 1. The molecule has 2 heterocycles. The predicted octanol–water partition coefficient (Wildman–Crippen LogP) is 4.01. The molecule has 0 fully saturated rings. The summed E-state index contributed by atoms with van der Waals surface area (Å²) in [5.41, 5.74) is 8.68. The number of methoxy groups -OCH3 is 1. The second-order valence-corrected chi connectivity index (χ2v) is 6.47. The lowest BCUT2D eigenvalue weighted by atomic mass is 10.1. The maximum absolute atomic E-state index is 13.1. The number of hydrogen-bond acceptors (Lipinski definition) is 4. The maximum atomic E-state index is 13.1. The highest BCUT2D eigenvalue weighted by atomic mass is 16.5. The van der Waals surface area contributed by atoms with Crippen LogP contribution >= 0.6 is 0 Å². The van der Waals surface area contributed by atoms with E-state index in [1.807, 2.05) is 6.07 Å². The number of carbonyl (C=O) groups is 2. The van der Waals surface area contributed by atoms with Crippen molar-refractivity contribution in [2.24, 2.45) is 0 Å². The maximum Gasteiger partial charge on any atom is 0.259 e. The first-order chi connectivity index (χ1) is 14.1. The van der Waals surface area contributed by atoms with E-state index in [2.05, 4.69) is 5.32 Å². The molecule has 2 aromatic heterocycles. The second kappa shape index (κ2) is 7.52. The Morgan fingerprint density at radius 1 is 0.931 bits per heavy atom. The smallest absolute Gasteiger partial charge is 0.259 e. The fraction of sp³-hybridized carbons (Fsp3) is 0.0435. The highest BCUT2D eigenvalue weighted by molar-refractivity contribution is 6.20. The van der Waals surface area contributed by atoms with Gasteiger partial charge < -0.3 is 20.2 Å². The van der Waals surface area contributed by atoms with E-state index < -0.39 is 0 Å². The lowest BCUT2D eigenvalue weighted by molar-refractivity contribution is 0.102. The molecule has 4 rings (SSSR count). The van der Waals surface area contributed by atoms with Crippen molar-refractivity contribution in [1.29, 1.82) is 0 Å². The molecule has 29 heavy (non-hydrogen) atoms. The van der Waals surface area contributed by atoms with Gasteiger partial charge in [0.2, 0.25) is 5.78 Å². The highest BCUT2D eigenvalue weighted by Gasteiger charge is 2.26. The molecule has 1 amide bonds. The number of anilines is 2. The molecule has 0 saturated carbocycles. The van der Waals surface area contributed by atoms with Crippen LogP contribution in [0.5, 0.6) is 5.75 Å². The Balaban J connectivity index is 1.77. The molecule has 2 aromatic carbocycles. The average Bonchev–Trinajstić information content (AvgIpc) is 3.06. The first-order valence-electron chi connectivity index (χ1n) is 9.04. The van der Waals surface area contributed by atoms with Crippen molar-refractivity contribution in [1.82, 2.24) is 4.40 Å². The van der Waals surface area contributed by atoms with E-state index in [-0.39, 0.29) is 28.6 Å². The van der Waals surface area contributed by atoms with Crippen molar-refractivity contribution in [3.63, 3.8) is 0 Å². The molecule has 6 nitrogen and oxygen atoms in total. The summed E-state index contributed by atoms with van der Waals surface area (Å²) in [5, 5.41) is 2.84. The monoisotopic (exact) mass is 385 g/mol. The minimum atomic E-state index is -0.386. The van der Waals surface area contributed by atoms with E-state index in [9.17, 15) is 9.59 Å². The third kappa shape index (κ3) is 3.32. The van der Waals surface area contributed by atoms with Gasteiger partial charge in [-0.05, 0) is 36.4 Å². The number of carbonyl (C=O) groups excluding carboxylic acids is 2. The van der Waals surface area contributed by atoms with E-state index >= 15 is 0 Å². The first kappa shape index (κ1) is 18.3. The largest absolute Gasteiger partial charge is 0.497 e. The van der Waals surface area contributed by atoms with Crippen LogP contribution in [0.3, 0.4) is 0 Å². The summed E-state index contributed by atoms with van der Waals surface area (Å²) in [6, 6.07) is 21.2. The van der Waals surface area contributed by atoms with Gasteiger partial charge in [0.15, 0.2) is 0 Å². The van der Waals surface area contributed by atoms with Gasteiger partial charge in [0, 0.05) is 17.4 Å². The number of rotatable bonds is 5. The summed E-state index contributed by atoms with van der Waals surface area (Å²) in [4.78, 5) is 26.1. The zero-order valence-electron chi connectivity index (χ0n) is 15.8. The number of amides is 1. The number of nitrogens with two attached hydrogens (primary N) is 1. The van der Waals surface area contributed by atoms with Crippen molar-refractivity contribution in [3.05, 3.63) is 95.8 Å². The third-order valence-electron chi connectivity index (χ3n) is 4.71. The average molecular weight is 385 g/mol. The second-order valence-electron chi connectivity index (χ2n) is 6.47. The minimum absolute atomic E-state index is 0.149. The number of ether oxygens (including phenoxy) is 1. The van der Waals surface area contributed by atoms with Gasteiger partial charge in [0.1, 0.15) is 11.4 Å². The van der Waals surface area contributed by atoms with E-state index in [1.165, 1.54) is 0 Å². The molecule has 6 heteroatoms. The zero-order chi connectivity index (χ0) is 20.4. The number of aromatic nitrogens is 1. The Morgan fingerprint density at radius 3 is 2.31 bits per heavy atom. The van der Waals surface area contributed by atoms with Crippen LogP contribution in [0.25, 0.3) is 5.52 Å². The van der Waals surface area contributed by atoms with E-state index in [0.717, 1.165) is 0 Å². The van der Waals surface area contributed by atoms with E-state index in [1.54, 1.807) is 84.4 Å². The number of hydrogen-bond donors (Lipinski definition) is 2. The normalized spacial score (nSPS) is 10.7. The molecule has 0 aliphatic carbocycles. The first-order valence-corrected chi connectivity index (χ1v) is 9.04. The molecule has 0 radical (unpaired) electrons. The van der Waals surface area contributed by atoms with Crippen LogP contribution in [-0.4, -0.2) is 23.2 Å². The van der Waals surface area contributed by atoms with Gasteiger partial charge in [-0.1, -0.05) is 36.4 Å². The number of fused-ring (bicyclic) bond motifs is 1. The van der Waals surface area contributed by atoms with Crippen molar-refractivity contribution in [2.45, 2.75) is 0 Å². The van der Waals surface area contributed by atoms with Gasteiger partial charge >= 0.3 is 0 Å². The SMILES string of the molecule is COc1ccc(NC(=O)c2c(N)c(C(=O)c3ccccc3)n3ccccc23)cc1. The van der Waals surface area contributed by atoms with Crippen LogP contribution < -0.4 is 15.8 Å². The Bertz CT molecular complexity index is 1200. The van der Waals surface area contributed by atoms with Crippen LogP contribution in [0.15, 0.2) is 79.0 Å². The highest BCUT2D eigenvalue weighted by Crippen LogP contribution is 2.29. The summed E-state index contributed by atoms with van der Waals surface area (Å²) in [6.45, 7) is 0. The standard InChI is InChI=1S/C23H19N3O3/c1-29-17-12-10-16(11-13-17)25-23(28)19-18-9-5-6-14-26(18)21(20(19)24)22(27)15-7-3-2-4-8-15/h2-14H,24H2,1H3,(H,25,28). The number of pyridine rings is 1. The van der Waals surface area contributed by atoms with Crippen LogP contribution in [-0.2, 0) is 0 Å². The molecule has 0 aliphatic rings. The topological polar surface area (TPSA) is 85.8 Å². The molecular weight excluding hydrogens is 366 g/mol. The van der Waals surface area contributed by atoms with Crippen molar-refractivity contribution in [2.75, 3.05) is 18.2 Å². The van der Waals surface area contributed by atoms with E-state index in [4.69, 9.17) is 10.5 Å². The quantitative estimate of drug-likeness (QED) is 0.508. The Morgan fingerprint density at radius 2 is 1.62 bits per heavy atom. The minimum Gasteiger partial charge on any atom is -0.497 e. The van der Waals surface area contributed by atoms with Crippen LogP contribution in [0.4, 0.5) is 11.4 Å². The number of nitrogens with one attached hydrogen (secondary N) is 1. The number of benzene rings is 2. The molecule has 4 aromatic rings. The van der Waals surface area contributed by atoms with Crippen LogP contribution in [0, 0.1) is 0 Å². The van der Waals surface area contributed by atoms with Gasteiger partial charge in [-0.3, -0.25) is 9.59 Å². The number of nitrogens with zero attached hydrogens (tertiary/aromatic N) is 1. The Labute approximate surface area is 167 Å². The van der Waals surface area contributed by atoms with Gasteiger partial charge in [-0.25, -0.2) is 0 Å². The van der Waals surface area contributed by atoms with Gasteiger partial charge in [0.05, 0.1) is 23.9 Å².